The minimum absolute atomic E-state index is 0.00292. The van der Waals surface area contributed by atoms with Crippen molar-refractivity contribution in [3.63, 3.8) is 0 Å². The number of hydrogen-bond acceptors (Lipinski definition) is 5. The lowest BCUT2D eigenvalue weighted by Crippen LogP contribution is -2.31. The van der Waals surface area contributed by atoms with E-state index in [9.17, 15) is 0 Å². The third-order valence-corrected chi connectivity index (χ3v) is 5.44. The molecule has 2 heterocycles. The molecule has 0 bridgehead atoms. The molecule has 1 aromatic carbocycles. The smallest absolute Gasteiger partial charge is 0.160 e. The number of aliphatic hydroxyl groups excluding tert-OH is 1. The van der Waals surface area contributed by atoms with E-state index < -0.39 is 0 Å². The monoisotopic (exact) mass is 480 g/mol. The Morgan fingerprint density at radius 1 is 0.829 bits per heavy atom. The van der Waals surface area contributed by atoms with E-state index >= 15 is 0 Å². The third kappa shape index (κ3) is 14.5. The number of unbranched alkanes of at least 4 members (excludes halogenated alkanes) is 1. The van der Waals surface area contributed by atoms with Crippen molar-refractivity contribution in [2.45, 2.75) is 90.1 Å². The Morgan fingerprint density at radius 3 is 1.97 bits per heavy atom. The van der Waals surface area contributed by atoms with Gasteiger partial charge in [-0.3, -0.25) is 0 Å². The molecule has 0 saturated carbocycles. The van der Waals surface area contributed by atoms with Crippen LogP contribution in [0.1, 0.15) is 76.7 Å². The zero-order chi connectivity index (χ0) is 24.8. The van der Waals surface area contributed by atoms with Gasteiger partial charge in [-0.2, -0.15) is 0 Å². The molecule has 2 fully saturated rings. The van der Waals surface area contributed by atoms with Gasteiger partial charge < -0.3 is 24.1 Å². The van der Waals surface area contributed by atoms with Crippen LogP contribution in [0.2, 0.25) is 0 Å². The first-order valence-electron chi connectivity index (χ1n) is 12.9. The van der Waals surface area contributed by atoms with Gasteiger partial charge in [-0.25, -0.2) is 0 Å². The van der Waals surface area contributed by atoms with Crippen LogP contribution >= 0.6 is 0 Å². The normalized spacial score (nSPS) is 18.8. The van der Waals surface area contributed by atoms with Crippen LogP contribution in [-0.2, 0) is 20.6 Å². The second-order valence-corrected chi connectivity index (χ2v) is 8.34. The van der Waals surface area contributed by atoms with Gasteiger partial charge in [0.1, 0.15) is 19.0 Å². The molecule has 0 aromatic heterocycles. The molecular formula is C30H40O5. The zero-order valence-corrected chi connectivity index (χ0v) is 21.2. The number of ether oxygens (including phenoxy) is 4. The molecule has 0 amide bonds. The molecule has 1 aromatic rings. The molecule has 190 valence electrons. The lowest BCUT2D eigenvalue weighted by atomic mass is 10.1. The summed E-state index contributed by atoms with van der Waals surface area (Å²) in [4.78, 5) is 0. The lowest BCUT2D eigenvalue weighted by Gasteiger charge is -2.29. The van der Waals surface area contributed by atoms with Crippen molar-refractivity contribution in [2.24, 2.45) is 0 Å². The van der Waals surface area contributed by atoms with Gasteiger partial charge in [0.15, 0.2) is 12.6 Å². The van der Waals surface area contributed by atoms with E-state index in [1.54, 1.807) is 0 Å². The molecule has 2 saturated heterocycles. The molecule has 0 radical (unpaired) electrons. The SMILES string of the molecule is C1CCC(OC2CCCCO2)OC1.CCCCc1ccc(OCC#CCC#CCC#CCO)cc1. The number of benzene rings is 1. The van der Waals surface area contributed by atoms with E-state index in [4.69, 9.17) is 24.1 Å². The van der Waals surface area contributed by atoms with Gasteiger partial charge in [0.2, 0.25) is 0 Å². The quantitative estimate of drug-likeness (QED) is 0.541. The maximum absolute atomic E-state index is 8.46. The number of aliphatic hydroxyl groups is 1. The summed E-state index contributed by atoms with van der Waals surface area (Å²) in [6.07, 6.45) is 11.4. The summed E-state index contributed by atoms with van der Waals surface area (Å²) in [5, 5.41) is 8.46. The van der Waals surface area contributed by atoms with Gasteiger partial charge in [-0.05, 0) is 69.1 Å². The van der Waals surface area contributed by atoms with Gasteiger partial charge in [-0.1, -0.05) is 61.0 Å². The van der Waals surface area contributed by atoms with Crippen molar-refractivity contribution in [3.05, 3.63) is 29.8 Å². The standard InChI is InChI=1S/C20H22O2.C10H18O3/c1-2-3-12-19-13-15-20(16-14-19)22-18-11-9-7-5-4-6-8-10-17-21;1-3-7-11-9(5-1)13-10-6-2-4-8-12-10/h13-16,21H,2-3,6-7,12,17-18H2,1H3;9-10H,1-8H2. The molecule has 3 rings (SSSR count). The molecule has 5 heteroatoms. The van der Waals surface area contributed by atoms with Crippen molar-refractivity contribution < 1.29 is 24.1 Å². The maximum Gasteiger partial charge on any atom is 0.160 e. The highest BCUT2D eigenvalue weighted by Gasteiger charge is 2.21. The van der Waals surface area contributed by atoms with Crippen LogP contribution in [0.15, 0.2) is 24.3 Å². The molecule has 2 aliphatic rings. The van der Waals surface area contributed by atoms with Gasteiger partial charge in [0, 0.05) is 13.2 Å². The zero-order valence-electron chi connectivity index (χ0n) is 21.2. The van der Waals surface area contributed by atoms with Crippen LogP contribution in [0, 0.1) is 35.5 Å². The highest BCUT2D eigenvalue weighted by atomic mass is 16.8. The average Bonchev–Trinajstić information content (AvgIpc) is 2.91. The van der Waals surface area contributed by atoms with Crippen molar-refractivity contribution in [3.8, 4) is 41.3 Å². The van der Waals surface area contributed by atoms with E-state index in [0.29, 0.717) is 19.4 Å². The summed E-state index contributed by atoms with van der Waals surface area (Å²) in [7, 11) is 0. The number of rotatable bonds is 7. The molecule has 2 atom stereocenters. The minimum atomic E-state index is -0.113. The number of aryl methyl sites for hydroxylation is 1. The van der Waals surface area contributed by atoms with E-state index in [0.717, 1.165) is 38.2 Å². The molecule has 2 unspecified atom stereocenters. The first-order valence-corrected chi connectivity index (χ1v) is 12.9. The van der Waals surface area contributed by atoms with Crippen LogP contribution < -0.4 is 4.74 Å². The Kier molecular flexibility index (Phi) is 16.3. The topological polar surface area (TPSA) is 57.2 Å². The first kappa shape index (κ1) is 28.8. The Bertz CT molecular complexity index is 832. The Morgan fingerprint density at radius 2 is 1.43 bits per heavy atom. The summed E-state index contributed by atoms with van der Waals surface area (Å²) in [6, 6.07) is 8.20. The lowest BCUT2D eigenvalue weighted by molar-refractivity contribution is -0.264. The summed E-state index contributed by atoms with van der Waals surface area (Å²) < 4.78 is 22.2. The largest absolute Gasteiger partial charge is 0.481 e. The molecule has 35 heavy (non-hydrogen) atoms. The molecular weight excluding hydrogens is 440 g/mol. The van der Waals surface area contributed by atoms with Crippen LogP contribution in [0.5, 0.6) is 5.75 Å². The van der Waals surface area contributed by atoms with Gasteiger partial charge in [0.05, 0.1) is 12.8 Å². The van der Waals surface area contributed by atoms with Crippen LogP contribution in [-0.4, -0.2) is 44.1 Å². The van der Waals surface area contributed by atoms with E-state index in [2.05, 4.69) is 54.6 Å². The summed E-state index contributed by atoms with van der Waals surface area (Å²) in [5.41, 5.74) is 1.35. The Hall–Kier alpha value is -2.46. The average molecular weight is 481 g/mol. The highest BCUT2D eigenvalue weighted by molar-refractivity contribution is 5.27. The molecule has 5 nitrogen and oxygen atoms in total. The second-order valence-electron chi connectivity index (χ2n) is 8.34. The fraction of sp³-hybridized carbons (Fsp3) is 0.600. The van der Waals surface area contributed by atoms with Crippen LogP contribution in [0.25, 0.3) is 0 Å². The maximum atomic E-state index is 8.46. The van der Waals surface area contributed by atoms with Gasteiger partial charge in [0.25, 0.3) is 0 Å². The fourth-order valence-electron chi connectivity index (χ4n) is 3.50. The van der Waals surface area contributed by atoms with Gasteiger partial charge >= 0.3 is 0 Å². The number of hydrogen-bond donors (Lipinski definition) is 1. The minimum Gasteiger partial charge on any atom is -0.481 e. The Labute approximate surface area is 211 Å². The van der Waals surface area contributed by atoms with E-state index in [1.807, 2.05) is 12.1 Å². The molecule has 2 aliphatic heterocycles. The summed E-state index contributed by atoms with van der Waals surface area (Å²) in [6.45, 7) is 4.15. The van der Waals surface area contributed by atoms with E-state index in [1.165, 1.54) is 44.1 Å². The Balaban J connectivity index is 0.000000279. The predicted octanol–water partition coefficient (Wildman–Crippen LogP) is 5.25. The third-order valence-electron chi connectivity index (χ3n) is 5.44. The molecule has 0 aliphatic carbocycles. The van der Waals surface area contributed by atoms with Crippen LogP contribution in [0.4, 0.5) is 0 Å². The molecule has 1 N–H and O–H groups in total. The van der Waals surface area contributed by atoms with Crippen molar-refractivity contribution in [2.75, 3.05) is 26.4 Å². The first-order chi connectivity index (χ1) is 17.3. The predicted molar refractivity (Wildman–Crippen MR) is 138 cm³/mol. The summed E-state index contributed by atoms with van der Waals surface area (Å²) in [5.74, 6) is 17.8. The van der Waals surface area contributed by atoms with Gasteiger partial charge in [-0.15, -0.1) is 0 Å². The van der Waals surface area contributed by atoms with Crippen LogP contribution in [0.3, 0.4) is 0 Å². The van der Waals surface area contributed by atoms with E-state index in [-0.39, 0.29) is 19.2 Å². The van der Waals surface area contributed by atoms with Crippen molar-refractivity contribution in [1.29, 1.82) is 0 Å². The molecule has 0 spiro atoms. The highest BCUT2D eigenvalue weighted by Crippen LogP contribution is 2.20. The summed E-state index contributed by atoms with van der Waals surface area (Å²) >= 11 is 0. The van der Waals surface area contributed by atoms with Crippen molar-refractivity contribution in [1.82, 2.24) is 0 Å². The second kappa shape index (κ2) is 19.8. The fourth-order valence-corrected chi connectivity index (χ4v) is 3.50. The van der Waals surface area contributed by atoms with Crippen molar-refractivity contribution >= 4 is 0 Å².